The maximum absolute atomic E-state index is 13.8. The lowest BCUT2D eigenvalue weighted by Crippen LogP contribution is -2.31. The molecule has 69 heavy (non-hydrogen) atoms. The number of anilines is 1. The van der Waals surface area contributed by atoms with Gasteiger partial charge in [0.2, 0.25) is 10.0 Å². The summed E-state index contributed by atoms with van der Waals surface area (Å²) in [6.07, 6.45) is 0.761. The molecule has 2 aliphatic rings. The Bertz CT molecular complexity index is 2590. The Morgan fingerprint density at radius 2 is 1.19 bits per heavy atom. The summed E-state index contributed by atoms with van der Waals surface area (Å²) >= 11 is 0. The number of allylic oxidation sites excluding steroid dienone is 1. The summed E-state index contributed by atoms with van der Waals surface area (Å²) in [6, 6.07) is 11.4. The van der Waals surface area contributed by atoms with E-state index in [0.29, 0.717) is 84.8 Å². The smallest absolute Gasteiger partial charge is 0.336 e. The maximum Gasteiger partial charge on any atom is 0.336 e. The van der Waals surface area contributed by atoms with Crippen molar-refractivity contribution in [2.45, 2.75) is 29.1 Å². The van der Waals surface area contributed by atoms with Crippen LogP contribution in [-0.4, -0.2) is 162 Å². The molecule has 0 spiro atoms. The zero-order chi connectivity index (χ0) is 49.8. The van der Waals surface area contributed by atoms with Crippen LogP contribution in [0.2, 0.25) is 0 Å². The van der Waals surface area contributed by atoms with Crippen LogP contribution >= 0.6 is 0 Å². The van der Waals surface area contributed by atoms with Gasteiger partial charge in [0, 0.05) is 29.3 Å². The Morgan fingerprint density at radius 3 is 1.70 bits per heavy atom. The number of nitrogens with one attached hydrogen (secondary N) is 1. The second-order valence-electron chi connectivity index (χ2n) is 14.9. The zero-order valence-electron chi connectivity index (χ0n) is 37.9. The first kappa shape index (κ1) is 54.6. The maximum atomic E-state index is 13.8. The first-order valence-corrected chi connectivity index (χ1v) is 24.6. The number of hydrogen-bond donors (Lipinski definition) is 4. The van der Waals surface area contributed by atoms with Gasteiger partial charge in [-0.15, -0.1) is 5.06 Å². The van der Waals surface area contributed by atoms with E-state index in [1.807, 2.05) is 0 Å². The summed E-state index contributed by atoms with van der Waals surface area (Å²) in [5, 5.41) is 10.9. The second-order valence-corrected chi connectivity index (χ2v) is 17.9. The van der Waals surface area contributed by atoms with Crippen LogP contribution in [0.25, 0.3) is 12.2 Å². The number of benzene rings is 3. The number of carboxylic acid groups (broad SMARTS) is 1. The summed E-state index contributed by atoms with van der Waals surface area (Å²) < 4.78 is 115. The number of rotatable bonds is 33. The van der Waals surface area contributed by atoms with Crippen LogP contribution < -0.4 is 25.6 Å². The Labute approximate surface area is 399 Å². The third-order valence-electron chi connectivity index (χ3n) is 9.96. The van der Waals surface area contributed by atoms with Crippen molar-refractivity contribution in [3.63, 3.8) is 0 Å². The number of aromatic carboxylic acids is 1. The molecule has 378 valence electrons. The van der Waals surface area contributed by atoms with Gasteiger partial charge in [0.25, 0.3) is 16.0 Å². The van der Waals surface area contributed by atoms with E-state index in [1.165, 1.54) is 42.5 Å². The van der Waals surface area contributed by atoms with Gasteiger partial charge in [-0.3, -0.25) is 9.35 Å². The van der Waals surface area contributed by atoms with Gasteiger partial charge in [0.15, 0.2) is 11.5 Å². The molecule has 0 bridgehead atoms. The fourth-order valence-corrected chi connectivity index (χ4v) is 8.83. The Hall–Kier alpha value is -5.35. The molecule has 3 aromatic carbocycles. The van der Waals surface area contributed by atoms with Gasteiger partial charge in [-0.25, -0.2) is 22.7 Å². The molecule has 0 atom stereocenters. The van der Waals surface area contributed by atoms with E-state index < -0.39 is 47.6 Å². The molecule has 0 radical (unpaired) electrons. The summed E-state index contributed by atoms with van der Waals surface area (Å²) in [7, 11) is -9.48. The van der Waals surface area contributed by atoms with E-state index in [-0.39, 0.29) is 102 Å². The van der Waals surface area contributed by atoms with Gasteiger partial charge in [-0.2, -0.15) is 8.42 Å². The topological polar surface area (TPSA) is 294 Å². The van der Waals surface area contributed by atoms with Crippen molar-refractivity contribution in [2.75, 3.05) is 118 Å². The van der Waals surface area contributed by atoms with Gasteiger partial charge in [-0.1, -0.05) is 37.4 Å². The number of ether oxygens (including phenoxy) is 9. The first-order chi connectivity index (χ1) is 33.1. The number of sulfonamides is 1. The molecule has 5 N–H and O–H groups in total. The lowest BCUT2D eigenvalue weighted by Gasteiger charge is -2.26. The van der Waals surface area contributed by atoms with Crippen molar-refractivity contribution in [2.24, 2.45) is 0 Å². The molecule has 22 nitrogen and oxygen atoms in total. The molecular formula is C45H57N3O19S2. The summed E-state index contributed by atoms with van der Waals surface area (Å²) in [6.45, 7) is 11.8. The van der Waals surface area contributed by atoms with Gasteiger partial charge >= 0.3 is 11.9 Å². The summed E-state index contributed by atoms with van der Waals surface area (Å²) in [4.78, 5) is 39.4. The lowest BCUT2D eigenvalue weighted by molar-refractivity contribution is -0.187. The molecule has 3 aromatic rings. The number of hydroxylamine groups is 2. The highest BCUT2D eigenvalue weighted by Crippen LogP contribution is 2.44. The molecule has 1 amide bonds. The Kier molecular flexibility index (Phi) is 21.5. The molecule has 5 rings (SSSR count). The van der Waals surface area contributed by atoms with E-state index in [2.05, 4.69) is 17.9 Å². The van der Waals surface area contributed by atoms with Crippen molar-refractivity contribution in [1.29, 1.82) is 0 Å². The zero-order valence-corrected chi connectivity index (χ0v) is 39.5. The average molecular weight is 1010 g/mol. The van der Waals surface area contributed by atoms with Crippen LogP contribution in [-0.2, 0) is 72.5 Å². The van der Waals surface area contributed by atoms with E-state index >= 15 is 0 Å². The van der Waals surface area contributed by atoms with Gasteiger partial charge < -0.3 is 58.3 Å². The lowest BCUT2D eigenvalue weighted by atomic mass is 9.89. The molecule has 2 aliphatic heterocycles. The van der Waals surface area contributed by atoms with E-state index in [0.717, 1.165) is 5.06 Å². The number of carbonyl (C=O) groups excluding carboxylic acids is 2. The van der Waals surface area contributed by atoms with Crippen LogP contribution in [0.1, 0.15) is 40.7 Å². The molecule has 0 unspecified atom stereocenters. The highest BCUT2D eigenvalue weighted by Gasteiger charge is 2.34. The molecule has 1 fully saturated rings. The minimum Gasteiger partial charge on any atom is -0.478 e. The second kappa shape index (κ2) is 27.2. The predicted octanol–water partition coefficient (Wildman–Crippen LogP) is 1.37. The van der Waals surface area contributed by atoms with Crippen LogP contribution in [0.3, 0.4) is 0 Å². The Morgan fingerprint density at radius 1 is 0.667 bits per heavy atom. The number of hydrogen-bond acceptors (Lipinski definition) is 18. The monoisotopic (exact) mass is 1010 g/mol. The SMILES string of the molecule is C=C1CCC(=O)N1OC(=O)CCOCCOCCOCCOCCOCCOCCOCCOCCNS(=O)(=O)c1c(N)ccc2c1Oc1c(S(=O)(=O)O)c(=C)ccc1=C2c1ccccc1C(=O)O. The third-order valence-corrected chi connectivity index (χ3v) is 12.5. The standard InChI is InChI=1S/C45H57N3O19S2/c1-31-7-9-35-40(33-5-3-4-6-34(33)45(51)52)36-10-11-37(46)44(42(36)66-41(35)43(31)69(55,56)57)68(53,54)47-14-16-59-18-20-61-22-24-63-26-28-65-30-29-64-27-25-62-23-21-60-19-17-58-15-13-39(50)67-48-32(2)8-12-38(48)49/h3-7,9-11,47H,1-2,8,12-30,46H2,(H,51,52)(H,55,56,57). The number of carboxylic acids is 1. The minimum absolute atomic E-state index is 0.00163. The number of nitrogens with two attached hydrogens (primary N) is 1. The van der Waals surface area contributed by atoms with Crippen molar-refractivity contribution in [3.8, 4) is 11.5 Å². The number of fused-ring (bicyclic) bond motifs is 2. The minimum atomic E-state index is -4.99. The quantitative estimate of drug-likeness (QED) is 0.0298. The molecule has 2 heterocycles. The molecule has 24 heteroatoms. The van der Waals surface area contributed by atoms with Crippen LogP contribution in [0.15, 0.2) is 70.6 Å². The van der Waals surface area contributed by atoms with Gasteiger partial charge in [0.05, 0.1) is 129 Å². The van der Waals surface area contributed by atoms with E-state index in [4.69, 9.17) is 53.2 Å². The molecule has 0 aromatic heterocycles. The molecule has 0 saturated carbocycles. The van der Waals surface area contributed by atoms with Crippen LogP contribution in [0, 0.1) is 0 Å². The molecular weight excluding hydrogens is 951 g/mol. The van der Waals surface area contributed by atoms with Gasteiger partial charge in [-0.05, 0) is 41.5 Å². The molecule has 0 aliphatic carbocycles. The number of carbonyl (C=O) groups is 3. The van der Waals surface area contributed by atoms with Crippen molar-refractivity contribution >= 4 is 55.8 Å². The number of amides is 1. The van der Waals surface area contributed by atoms with E-state index in [9.17, 15) is 40.9 Å². The van der Waals surface area contributed by atoms with E-state index in [1.54, 1.807) is 6.07 Å². The number of nitrogen functional groups attached to an aromatic ring is 1. The van der Waals surface area contributed by atoms with Crippen molar-refractivity contribution in [1.82, 2.24) is 9.79 Å². The highest BCUT2D eigenvalue weighted by molar-refractivity contribution is 7.89. The summed E-state index contributed by atoms with van der Waals surface area (Å²) in [5.41, 5.74) is 6.59. The third kappa shape index (κ3) is 16.1. The average Bonchev–Trinajstić information content (AvgIpc) is 3.61. The summed E-state index contributed by atoms with van der Waals surface area (Å²) in [5.74, 6) is -3.00. The van der Waals surface area contributed by atoms with Crippen LogP contribution in [0.5, 0.6) is 11.5 Å². The normalized spacial score (nSPS) is 13.6. The first-order valence-electron chi connectivity index (χ1n) is 21.7. The fourth-order valence-electron chi connectivity index (χ4n) is 6.77. The fraction of sp³-hybridized carbons (Fsp3) is 0.444. The number of nitrogens with zero attached hydrogens (tertiary/aromatic N) is 1. The Balaban J connectivity index is 0.893. The highest BCUT2D eigenvalue weighted by atomic mass is 32.2. The van der Waals surface area contributed by atoms with Crippen molar-refractivity contribution < 1.29 is 88.3 Å². The largest absolute Gasteiger partial charge is 0.478 e. The predicted molar refractivity (Wildman–Crippen MR) is 245 cm³/mol. The van der Waals surface area contributed by atoms with Crippen LogP contribution in [0.4, 0.5) is 5.69 Å². The van der Waals surface area contributed by atoms with Crippen molar-refractivity contribution in [3.05, 3.63) is 87.9 Å². The van der Waals surface area contributed by atoms with Gasteiger partial charge in [0.1, 0.15) is 9.79 Å². The molecule has 1 saturated heterocycles.